The van der Waals surface area contributed by atoms with Gasteiger partial charge in [-0.05, 0) is 0 Å². The standard InChI is InChI=1S/C4H4F3NO/c5-4(6,7)8-1-3(9)2-8/h1,9H,2H2. The van der Waals surface area contributed by atoms with Gasteiger partial charge in [0.2, 0.25) is 0 Å². The first-order chi connectivity index (χ1) is 4.00. The molecule has 1 N–H and O–H groups in total. The van der Waals surface area contributed by atoms with E-state index in [2.05, 4.69) is 0 Å². The number of alkyl halides is 3. The Morgan fingerprint density at radius 2 is 2.00 bits per heavy atom. The summed E-state index contributed by atoms with van der Waals surface area (Å²) in [4.78, 5) is 0.0995. The summed E-state index contributed by atoms with van der Waals surface area (Å²) in [5, 5.41) is 8.30. The molecule has 2 nitrogen and oxygen atoms in total. The molecule has 0 saturated heterocycles. The molecule has 0 amide bonds. The average molecular weight is 139 g/mol. The molecule has 52 valence electrons. The Bertz CT molecular complexity index is 150. The Hall–Kier alpha value is -0.870. The maximum Gasteiger partial charge on any atom is 0.484 e. The second-order valence-electron chi connectivity index (χ2n) is 1.72. The second kappa shape index (κ2) is 1.55. The highest BCUT2D eigenvalue weighted by atomic mass is 19.4. The monoisotopic (exact) mass is 139 g/mol. The first-order valence-electron chi connectivity index (χ1n) is 2.23. The topological polar surface area (TPSA) is 23.5 Å². The molecule has 5 heteroatoms. The minimum absolute atomic E-state index is 0.0995. The molecular weight excluding hydrogens is 135 g/mol. The fourth-order valence-corrected chi connectivity index (χ4v) is 0.491. The van der Waals surface area contributed by atoms with Gasteiger partial charge in [0.1, 0.15) is 5.76 Å². The number of rotatable bonds is 0. The third-order valence-electron chi connectivity index (χ3n) is 0.963. The van der Waals surface area contributed by atoms with Crippen LogP contribution in [-0.2, 0) is 0 Å². The predicted octanol–water partition coefficient (Wildman–Crippen LogP) is 1.22. The molecule has 0 aromatic carbocycles. The first kappa shape index (κ1) is 6.25. The highest BCUT2D eigenvalue weighted by Crippen LogP contribution is 2.27. The van der Waals surface area contributed by atoms with Crippen molar-refractivity contribution in [3.63, 3.8) is 0 Å². The zero-order chi connectivity index (χ0) is 7.07. The normalized spacial score (nSPS) is 19.0. The number of hydrogen-bond acceptors (Lipinski definition) is 2. The lowest BCUT2D eigenvalue weighted by Gasteiger charge is -2.29. The number of aliphatic hydroxyl groups excluding tert-OH is 1. The molecule has 1 aliphatic rings. The molecule has 0 aromatic heterocycles. The van der Waals surface area contributed by atoms with Crippen molar-refractivity contribution in [3.05, 3.63) is 12.0 Å². The zero-order valence-corrected chi connectivity index (χ0v) is 4.31. The number of aliphatic hydroxyl groups is 1. The SMILES string of the molecule is OC1=CN(C(F)(F)F)C1. The maximum atomic E-state index is 11.4. The van der Waals surface area contributed by atoms with Gasteiger partial charge in [0, 0.05) is 6.20 Å². The minimum atomic E-state index is -4.33. The van der Waals surface area contributed by atoms with Crippen molar-refractivity contribution >= 4 is 0 Å². The average Bonchev–Trinajstić information content (AvgIpc) is 1.55. The fourth-order valence-electron chi connectivity index (χ4n) is 0.491. The van der Waals surface area contributed by atoms with Gasteiger partial charge in [0.25, 0.3) is 0 Å². The van der Waals surface area contributed by atoms with Crippen LogP contribution < -0.4 is 0 Å². The van der Waals surface area contributed by atoms with Gasteiger partial charge >= 0.3 is 6.30 Å². The van der Waals surface area contributed by atoms with E-state index in [1.165, 1.54) is 0 Å². The lowest BCUT2D eigenvalue weighted by molar-refractivity contribution is -0.235. The highest BCUT2D eigenvalue weighted by Gasteiger charge is 2.39. The molecule has 0 saturated carbocycles. The van der Waals surface area contributed by atoms with Crippen LogP contribution in [0, 0.1) is 0 Å². The van der Waals surface area contributed by atoms with Gasteiger partial charge in [-0.15, -0.1) is 0 Å². The molecule has 0 aromatic rings. The molecule has 0 spiro atoms. The molecular formula is C4H4F3NO. The van der Waals surface area contributed by atoms with Gasteiger partial charge < -0.3 is 5.11 Å². The summed E-state index contributed by atoms with van der Waals surface area (Å²) in [5.74, 6) is -0.229. The lowest BCUT2D eigenvalue weighted by atomic mass is 10.3. The van der Waals surface area contributed by atoms with Gasteiger partial charge in [0.05, 0.1) is 6.54 Å². The largest absolute Gasteiger partial charge is 0.509 e. The number of nitrogens with zero attached hydrogens (tertiary/aromatic N) is 1. The third kappa shape index (κ3) is 1.09. The molecule has 1 rings (SSSR count). The van der Waals surface area contributed by atoms with Gasteiger partial charge in [-0.2, -0.15) is 13.2 Å². The summed E-state index contributed by atoms with van der Waals surface area (Å²) in [7, 11) is 0. The van der Waals surface area contributed by atoms with Gasteiger partial charge in [-0.1, -0.05) is 0 Å². The minimum Gasteiger partial charge on any atom is -0.509 e. The van der Waals surface area contributed by atoms with E-state index in [0.29, 0.717) is 6.20 Å². The summed E-state index contributed by atoms with van der Waals surface area (Å²) in [6.45, 7) is -0.413. The third-order valence-corrected chi connectivity index (χ3v) is 0.963. The van der Waals surface area contributed by atoms with E-state index in [0.717, 1.165) is 0 Å². The number of halogens is 3. The molecule has 9 heavy (non-hydrogen) atoms. The number of hydrogen-bond donors (Lipinski definition) is 1. The summed E-state index contributed by atoms with van der Waals surface area (Å²) < 4.78 is 34.3. The molecule has 0 aliphatic carbocycles. The molecule has 1 aliphatic heterocycles. The fraction of sp³-hybridized carbons (Fsp3) is 0.500. The quantitative estimate of drug-likeness (QED) is 0.510. The van der Waals surface area contributed by atoms with E-state index in [1.54, 1.807) is 0 Å². The van der Waals surface area contributed by atoms with Crippen LogP contribution in [0.4, 0.5) is 13.2 Å². The smallest absolute Gasteiger partial charge is 0.484 e. The lowest BCUT2D eigenvalue weighted by Crippen LogP contribution is -2.41. The Balaban J connectivity index is 2.51. The molecule has 0 unspecified atom stereocenters. The summed E-state index contributed by atoms with van der Waals surface area (Å²) in [6.07, 6.45) is -3.67. The molecule has 1 heterocycles. The summed E-state index contributed by atoms with van der Waals surface area (Å²) in [6, 6.07) is 0. The maximum absolute atomic E-state index is 11.4. The highest BCUT2D eigenvalue weighted by molar-refractivity contribution is 5.05. The van der Waals surface area contributed by atoms with Gasteiger partial charge in [-0.25, -0.2) is 0 Å². The van der Waals surface area contributed by atoms with Crippen molar-refractivity contribution < 1.29 is 18.3 Å². The van der Waals surface area contributed by atoms with Crippen LogP contribution in [0.2, 0.25) is 0 Å². The Morgan fingerprint density at radius 1 is 1.56 bits per heavy atom. The van der Waals surface area contributed by atoms with Gasteiger partial charge in [0.15, 0.2) is 0 Å². The van der Waals surface area contributed by atoms with E-state index in [9.17, 15) is 13.2 Å². The molecule has 0 atom stereocenters. The van der Waals surface area contributed by atoms with Crippen LogP contribution in [0.5, 0.6) is 0 Å². The molecule has 0 radical (unpaired) electrons. The van der Waals surface area contributed by atoms with E-state index >= 15 is 0 Å². The summed E-state index contributed by atoms with van der Waals surface area (Å²) >= 11 is 0. The Morgan fingerprint density at radius 3 is 2.11 bits per heavy atom. The van der Waals surface area contributed by atoms with Crippen molar-refractivity contribution in [1.82, 2.24) is 4.90 Å². The molecule has 0 bridgehead atoms. The van der Waals surface area contributed by atoms with Crippen molar-refractivity contribution in [2.24, 2.45) is 0 Å². The van der Waals surface area contributed by atoms with Crippen LogP contribution in [-0.4, -0.2) is 22.9 Å². The van der Waals surface area contributed by atoms with E-state index in [4.69, 9.17) is 5.11 Å². The van der Waals surface area contributed by atoms with Crippen LogP contribution >= 0.6 is 0 Å². The summed E-state index contributed by atoms with van der Waals surface area (Å²) in [5.41, 5.74) is 0. The van der Waals surface area contributed by atoms with Crippen LogP contribution in [0.3, 0.4) is 0 Å². The van der Waals surface area contributed by atoms with E-state index < -0.39 is 12.8 Å². The molecule has 0 fully saturated rings. The zero-order valence-electron chi connectivity index (χ0n) is 4.31. The van der Waals surface area contributed by atoms with Crippen molar-refractivity contribution in [2.75, 3.05) is 6.54 Å². The van der Waals surface area contributed by atoms with Crippen LogP contribution in [0.15, 0.2) is 12.0 Å². The van der Waals surface area contributed by atoms with Crippen molar-refractivity contribution in [3.8, 4) is 0 Å². The van der Waals surface area contributed by atoms with E-state index in [-0.39, 0.29) is 10.7 Å². The van der Waals surface area contributed by atoms with Crippen LogP contribution in [0.25, 0.3) is 0 Å². The van der Waals surface area contributed by atoms with Crippen molar-refractivity contribution in [2.45, 2.75) is 6.30 Å². The Kier molecular flexibility index (Phi) is 1.08. The van der Waals surface area contributed by atoms with Crippen LogP contribution in [0.1, 0.15) is 0 Å². The van der Waals surface area contributed by atoms with Crippen molar-refractivity contribution in [1.29, 1.82) is 0 Å². The first-order valence-corrected chi connectivity index (χ1v) is 2.23. The Labute approximate surface area is 49.2 Å². The van der Waals surface area contributed by atoms with Gasteiger partial charge in [-0.3, -0.25) is 4.90 Å². The second-order valence-corrected chi connectivity index (χ2v) is 1.72. The van der Waals surface area contributed by atoms with E-state index in [1.807, 2.05) is 0 Å². The predicted molar refractivity (Wildman–Crippen MR) is 23.5 cm³/mol.